The van der Waals surface area contributed by atoms with Crippen molar-refractivity contribution in [2.45, 2.75) is 6.61 Å². The molecule has 34 heavy (non-hydrogen) atoms. The number of methoxy groups -OCH3 is 2. The minimum absolute atomic E-state index is 0.152. The molecule has 0 spiro atoms. The van der Waals surface area contributed by atoms with E-state index in [0.717, 1.165) is 5.56 Å². The zero-order chi connectivity index (χ0) is 24.5. The fourth-order valence-electron chi connectivity index (χ4n) is 2.93. The topological polar surface area (TPSA) is 100 Å². The van der Waals surface area contributed by atoms with Gasteiger partial charge in [0.05, 0.1) is 25.3 Å². The molecule has 0 radical (unpaired) electrons. The highest BCUT2D eigenvalue weighted by atomic mass is 35.5. The van der Waals surface area contributed by atoms with Crippen LogP contribution >= 0.6 is 11.6 Å². The van der Waals surface area contributed by atoms with Crippen molar-refractivity contribution in [1.82, 2.24) is 5.32 Å². The van der Waals surface area contributed by atoms with E-state index in [2.05, 4.69) is 5.32 Å². The lowest BCUT2D eigenvalue weighted by atomic mass is 10.2. The van der Waals surface area contributed by atoms with Crippen LogP contribution in [0.15, 0.2) is 66.7 Å². The Hall–Kier alpha value is -4.04. The summed E-state index contributed by atoms with van der Waals surface area (Å²) in [5.74, 6) is -1.15. The average Bonchev–Trinajstić information content (AvgIpc) is 2.86. The number of carbonyl (C=O) groups excluding carboxylic acids is 3. The Kier molecular flexibility index (Phi) is 8.48. The van der Waals surface area contributed by atoms with Gasteiger partial charge in [-0.1, -0.05) is 35.9 Å². The van der Waals surface area contributed by atoms with Gasteiger partial charge in [-0.2, -0.15) is 0 Å². The maximum absolute atomic E-state index is 12.4. The molecule has 1 N–H and O–H groups in total. The predicted octanol–water partition coefficient (Wildman–Crippen LogP) is 4.05. The first-order valence-electron chi connectivity index (χ1n) is 10.1. The summed E-state index contributed by atoms with van der Waals surface area (Å²) in [4.78, 5) is 36.7. The van der Waals surface area contributed by atoms with E-state index in [1.165, 1.54) is 32.4 Å². The van der Waals surface area contributed by atoms with E-state index in [1.54, 1.807) is 36.4 Å². The number of ether oxygens (including phenoxy) is 4. The fraction of sp³-hybridized carbons (Fsp3) is 0.160. The Morgan fingerprint density at radius 3 is 2.26 bits per heavy atom. The Balaban J connectivity index is 1.56. The average molecular weight is 484 g/mol. The fourth-order valence-corrected chi connectivity index (χ4v) is 3.06. The van der Waals surface area contributed by atoms with E-state index in [1.807, 2.05) is 12.1 Å². The number of para-hydroxylation sites is 1. The molecule has 176 valence electrons. The second-order valence-electron chi connectivity index (χ2n) is 6.93. The van der Waals surface area contributed by atoms with Gasteiger partial charge in [0.25, 0.3) is 11.8 Å². The van der Waals surface area contributed by atoms with Gasteiger partial charge >= 0.3 is 5.97 Å². The van der Waals surface area contributed by atoms with Crippen LogP contribution in [0.5, 0.6) is 17.2 Å². The number of esters is 1. The molecule has 0 unspecified atom stereocenters. The molecular formula is C25H22ClNO7. The van der Waals surface area contributed by atoms with Crippen LogP contribution in [0, 0.1) is 0 Å². The number of imide groups is 1. The maximum atomic E-state index is 12.4. The Bertz CT molecular complexity index is 1180. The van der Waals surface area contributed by atoms with Crippen molar-refractivity contribution in [3.63, 3.8) is 0 Å². The third kappa shape index (κ3) is 6.49. The van der Waals surface area contributed by atoms with E-state index in [9.17, 15) is 14.4 Å². The molecule has 8 nitrogen and oxygen atoms in total. The van der Waals surface area contributed by atoms with E-state index in [0.29, 0.717) is 22.3 Å². The third-order valence-electron chi connectivity index (χ3n) is 4.65. The molecule has 3 rings (SSSR count). The van der Waals surface area contributed by atoms with Gasteiger partial charge in [0.2, 0.25) is 0 Å². The van der Waals surface area contributed by atoms with E-state index < -0.39 is 24.4 Å². The number of carbonyl (C=O) groups is 3. The zero-order valence-electron chi connectivity index (χ0n) is 18.5. The third-order valence-corrected chi connectivity index (χ3v) is 4.90. The summed E-state index contributed by atoms with van der Waals surface area (Å²) < 4.78 is 21.2. The first kappa shape index (κ1) is 24.6. The van der Waals surface area contributed by atoms with Gasteiger partial charge in [-0.3, -0.25) is 14.9 Å². The van der Waals surface area contributed by atoms with Gasteiger partial charge < -0.3 is 18.9 Å². The van der Waals surface area contributed by atoms with E-state index in [4.69, 9.17) is 30.5 Å². The van der Waals surface area contributed by atoms with Crippen LogP contribution in [0.2, 0.25) is 5.02 Å². The lowest BCUT2D eigenvalue weighted by molar-refractivity contribution is -0.123. The first-order chi connectivity index (χ1) is 16.4. The molecule has 0 atom stereocenters. The molecule has 0 bridgehead atoms. The number of rotatable bonds is 9. The number of halogens is 1. The van der Waals surface area contributed by atoms with Gasteiger partial charge in [0.1, 0.15) is 12.4 Å². The highest BCUT2D eigenvalue weighted by Crippen LogP contribution is 2.29. The number of nitrogens with one attached hydrogen (secondary N) is 1. The largest absolute Gasteiger partial charge is 0.496 e. The van der Waals surface area contributed by atoms with Crippen LogP contribution < -0.4 is 19.5 Å². The molecule has 9 heteroatoms. The normalized spacial score (nSPS) is 10.2. The molecular weight excluding hydrogens is 462 g/mol. The number of hydrogen-bond donors (Lipinski definition) is 1. The smallest absolute Gasteiger partial charge is 0.338 e. The Morgan fingerprint density at radius 2 is 1.56 bits per heavy atom. The van der Waals surface area contributed by atoms with Gasteiger partial charge in [0.15, 0.2) is 18.1 Å². The van der Waals surface area contributed by atoms with Crippen LogP contribution in [-0.2, 0) is 16.1 Å². The zero-order valence-corrected chi connectivity index (χ0v) is 19.3. The quantitative estimate of drug-likeness (QED) is 0.458. The van der Waals surface area contributed by atoms with Gasteiger partial charge in [-0.05, 0) is 48.0 Å². The maximum Gasteiger partial charge on any atom is 0.338 e. The van der Waals surface area contributed by atoms with Crippen LogP contribution in [0.4, 0.5) is 0 Å². The minimum Gasteiger partial charge on any atom is -0.496 e. The van der Waals surface area contributed by atoms with Crippen LogP contribution in [0.1, 0.15) is 26.3 Å². The highest BCUT2D eigenvalue weighted by Gasteiger charge is 2.17. The minimum atomic E-state index is -0.779. The Labute approximate surface area is 201 Å². The van der Waals surface area contributed by atoms with Crippen molar-refractivity contribution in [2.24, 2.45) is 0 Å². The second kappa shape index (κ2) is 11.7. The monoisotopic (exact) mass is 483 g/mol. The van der Waals surface area contributed by atoms with Crippen LogP contribution in [0.25, 0.3) is 0 Å². The van der Waals surface area contributed by atoms with Gasteiger partial charge in [-0.25, -0.2) is 4.79 Å². The Morgan fingerprint density at radius 1 is 0.853 bits per heavy atom. The molecule has 3 aromatic rings. The molecule has 0 aromatic heterocycles. The van der Waals surface area contributed by atoms with Crippen molar-refractivity contribution >= 4 is 29.4 Å². The van der Waals surface area contributed by atoms with E-state index >= 15 is 0 Å². The lowest BCUT2D eigenvalue weighted by Gasteiger charge is -2.12. The lowest BCUT2D eigenvalue weighted by Crippen LogP contribution is -2.34. The molecule has 0 heterocycles. The number of hydrogen-bond acceptors (Lipinski definition) is 7. The SMILES string of the molecule is COc1cc(C(=O)OCC(=O)NC(=O)c2ccccc2OC)ccc1OCc1ccc(Cl)cc1. The van der Waals surface area contributed by atoms with Crippen LogP contribution in [-0.4, -0.2) is 38.6 Å². The summed E-state index contributed by atoms with van der Waals surface area (Å²) in [6.07, 6.45) is 0. The molecule has 3 aromatic carbocycles. The molecule has 0 aliphatic rings. The van der Waals surface area contributed by atoms with Crippen molar-refractivity contribution in [2.75, 3.05) is 20.8 Å². The summed E-state index contributed by atoms with van der Waals surface area (Å²) in [6.45, 7) is -0.366. The van der Waals surface area contributed by atoms with Crippen molar-refractivity contribution < 1.29 is 33.3 Å². The molecule has 0 saturated heterocycles. The first-order valence-corrected chi connectivity index (χ1v) is 10.5. The van der Waals surface area contributed by atoms with Gasteiger partial charge in [-0.15, -0.1) is 0 Å². The summed E-state index contributed by atoms with van der Waals surface area (Å²) in [5.41, 5.74) is 1.24. The highest BCUT2D eigenvalue weighted by molar-refractivity contribution is 6.30. The molecule has 0 saturated carbocycles. The van der Waals surface area contributed by atoms with Crippen molar-refractivity contribution in [1.29, 1.82) is 0 Å². The standard InChI is InChI=1S/C25H22ClNO7/c1-31-20-6-4-3-5-19(20)24(29)27-23(28)15-34-25(30)17-9-12-21(22(13-17)32-2)33-14-16-7-10-18(26)11-8-16/h3-13H,14-15H2,1-2H3,(H,27,28,29). The van der Waals surface area contributed by atoms with Gasteiger partial charge in [0, 0.05) is 5.02 Å². The molecule has 2 amide bonds. The summed E-state index contributed by atoms with van der Waals surface area (Å²) in [6, 6.07) is 18.1. The van der Waals surface area contributed by atoms with E-state index in [-0.39, 0.29) is 17.7 Å². The molecule has 0 aliphatic heterocycles. The summed E-state index contributed by atoms with van der Waals surface area (Å²) in [7, 11) is 2.86. The van der Waals surface area contributed by atoms with Crippen molar-refractivity contribution in [3.05, 3.63) is 88.4 Å². The predicted molar refractivity (Wildman–Crippen MR) is 125 cm³/mol. The van der Waals surface area contributed by atoms with Crippen LogP contribution in [0.3, 0.4) is 0 Å². The summed E-state index contributed by atoms with van der Waals surface area (Å²) >= 11 is 5.88. The molecule has 0 fully saturated rings. The van der Waals surface area contributed by atoms with Crippen molar-refractivity contribution in [3.8, 4) is 17.2 Å². The molecule has 0 aliphatic carbocycles. The second-order valence-corrected chi connectivity index (χ2v) is 7.37. The number of amides is 2. The summed E-state index contributed by atoms with van der Waals surface area (Å²) in [5, 5.41) is 2.78. The number of benzene rings is 3.